The average molecular weight is 461 g/mol. The summed E-state index contributed by atoms with van der Waals surface area (Å²) in [5.74, 6) is 0.247. The number of para-hydroxylation sites is 1. The summed E-state index contributed by atoms with van der Waals surface area (Å²) in [6.07, 6.45) is 2.94. The Kier molecular flexibility index (Phi) is 8.52. The Bertz CT molecular complexity index is 938. The molecule has 2 aromatic rings. The van der Waals surface area contributed by atoms with Crippen molar-refractivity contribution < 1.29 is 9.59 Å². The summed E-state index contributed by atoms with van der Waals surface area (Å²) in [5.41, 5.74) is 0.759. The number of unbranched alkanes of at least 4 members (excludes halogenated alkanes) is 2. The molecule has 0 unspecified atom stereocenters. The van der Waals surface area contributed by atoms with Crippen LogP contribution in [0.2, 0.25) is 5.02 Å². The van der Waals surface area contributed by atoms with Crippen molar-refractivity contribution in [3.05, 3.63) is 41.0 Å². The topological polar surface area (TPSA) is 67.2 Å². The zero-order chi connectivity index (χ0) is 24.1. The smallest absolute Gasteiger partial charge is 0.245 e. The fourth-order valence-electron chi connectivity index (χ4n) is 3.28. The first-order valence-corrected chi connectivity index (χ1v) is 11.7. The van der Waals surface area contributed by atoms with Gasteiger partial charge in [-0.3, -0.25) is 9.59 Å². The highest BCUT2D eigenvalue weighted by Gasteiger charge is 2.29. The van der Waals surface area contributed by atoms with Crippen molar-refractivity contribution in [2.75, 3.05) is 18.4 Å². The highest BCUT2D eigenvalue weighted by atomic mass is 35.5. The summed E-state index contributed by atoms with van der Waals surface area (Å²) in [7, 11) is 0. The molecule has 0 fully saturated rings. The molecule has 0 aliphatic heterocycles. The van der Waals surface area contributed by atoms with Crippen molar-refractivity contribution >= 4 is 29.2 Å². The number of carbonyl (C=O) groups excluding carboxylic acids is 2. The lowest BCUT2D eigenvalue weighted by molar-refractivity contribution is -0.141. The van der Waals surface area contributed by atoms with Gasteiger partial charge in [-0.2, -0.15) is 5.10 Å². The van der Waals surface area contributed by atoms with Gasteiger partial charge in [0.15, 0.2) is 0 Å². The van der Waals surface area contributed by atoms with Gasteiger partial charge in [-0.05, 0) is 18.6 Å². The van der Waals surface area contributed by atoms with Crippen LogP contribution in [-0.4, -0.2) is 39.6 Å². The molecular weight excluding hydrogens is 424 g/mol. The highest BCUT2D eigenvalue weighted by Crippen LogP contribution is 2.29. The highest BCUT2D eigenvalue weighted by molar-refractivity contribution is 6.32. The van der Waals surface area contributed by atoms with Crippen LogP contribution in [0, 0.1) is 5.41 Å². The largest absolute Gasteiger partial charge is 0.333 e. The number of amides is 2. The van der Waals surface area contributed by atoms with Crippen molar-refractivity contribution in [2.45, 2.75) is 73.1 Å². The van der Waals surface area contributed by atoms with Gasteiger partial charge in [0.05, 0.1) is 22.9 Å². The number of aromatic nitrogens is 2. The molecule has 6 nitrogen and oxygen atoms in total. The molecule has 0 saturated heterocycles. The molecule has 1 N–H and O–H groups in total. The zero-order valence-electron chi connectivity index (χ0n) is 20.5. The molecule has 1 aromatic heterocycles. The van der Waals surface area contributed by atoms with E-state index in [2.05, 4.69) is 33.0 Å². The van der Waals surface area contributed by atoms with Crippen LogP contribution in [-0.2, 0) is 15.0 Å². The SMILES string of the molecule is CCCCCN(CC(=O)Nc1cc(C(C)(C)C)nn1-c1ccccc1Cl)C(=O)C(C)(C)C. The molecule has 0 saturated carbocycles. The third-order valence-electron chi connectivity index (χ3n) is 5.12. The van der Waals surface area contributed by atoms with Crippen molar-refractivity contribution in [1.82, 2.24) is 14.7 Å². The molecule has 0 radical (unpaired) electrons. The van der Waals surface area contributed by atoms with E-state index < -0.39 is 5.41 Å². The van der Waals surface area contributed by atoms with Crippen molar-refractivity contribution in [3.63, 3.8) is 0 Å². The summed E-state index contributed by atoms with van der Waals surface area (Å²) in [6.45, 7) is 14.5. The van der Waals surface area contributed by atoms with E-state index in [9.17, 15) is 9.59 Å². The Balaban J connectivity index is 2.31. The van der Waals surface area contributed by atoms with E-state index in [1.165, 1.54) is 0 Å². The Hall–Kier alpha value is -2.34. The van der Waals surface area contributed by atoms with Crippen molar-refractivity contribution in [3.8, 4) is 5.69 Å². The normalized spacial score (nSPS) is 12.0. The lowest BCUT2D eigenvalue weighted by atomic mass is 9.92. The molecule has 176 valence electrons. The third kappa shape index (κ3) is 6.83. The van der Waals surface area contributed by atoms with E-state index in [4.69, 9.17) is 16.7 Å². The first-order chi connectivity index (χ1) is 14.8. The number of rotatable bonds is 8. The monoisotopic (exact) mass is 460 g/mol. The molecule has 0 aliphatic carbocycles. The van der Waals surface area contributed by atoms with Gasteiger partial charge in [0.1, 0.15) is 5.82 Å². The number of hydrogen-bond donors (Lipinski definition) is 1. The van der Waals surface area contributed by atoms with Crippen LogP contribution in [0.4, 0.5) is 5.82 Å². The number of benzene rings is 1. The maximum absolute atomic E-state index is 13.0. The molecule has 32 heavy (non-hydrogen) atoms. The van der Waals surface area contributed by atoms with Gasteiger partial charge in [0.25, 0.3) is 0 Å². The predicted octanol–water partition coefficient (Wildman–Crippen LogP) is 5.83. The van der Waals surface area contributed by atoms with Gasteiger partial charge < -0.3 is 10.2 Å². The van der Waals surface area contributed by atoms with Gasteiger partial charge in [-0.1, -0.05) is 85.0 Å². The maximum atomic E-state index is 13.0. The fraction of sp³-hybridized carbons (Fsp3) is 0.560. The second-order valence-corrected chi connectivity index (χ2v) is 10.7. The molecule has 2 rings (SSSR count). The standard InChI is InChI=1S/C25H37ClN4O2/c1-8-9-12-15-29(23(32)25(5,6)7)17-22(31)27-21-16-20(24(2,3)4)28-30(21)19-14-11-10-13-18(19)26/h10-11,13-14,16H,8-9,12,15,17H2,1-7H3,(H,27,31). The van der Waals surface area contributed by atoms with E-state index in [1.807, 2.05) is 45.0 Å². The third-order valence-corrected chi connectivity index (χ3v) is 5.44. The molecule has 0 atom stereocenters. The second kappa shape index (κ2) is 10.5. The molecule has 2 amide bonds. The number of anilines is 1. The van der Waals surface area contributed by atoms with Crippen LogP contribution in [0.3, 0.4) is 0 Å². The van der Waals surface area contributed by atoms with Crippen LogP contribution in [0.5, 0.6) is 0 Å². The lowest BCUT2D eigenvalue weighted by Gasteiger charge is -2.29. The van der Waals surface area contributed by atoms with Gasteiger partial charge in [0, 0.05) is 23.4 Å². The summed E-state index contributed by atoms with van der Waals surface area (Å²) >= 11 is 6.41. The minimum Gasteiger partial charge on any atom is -0.333 e. The molecular formula is C25H37ClN4O2. The van der Waals surface area contributed by atoms with Crippen LogP contribution in [0.25, 0.3) is 5.69 Å². The van der Waals surface area contributed by atoms with Gasteiger partial charge in [-0.15, -0.1) is 0 Å². The van der Waals surface area contributed by atoms with Crippen LogP contribution >= 0.6 is 11.6 Å². The quantitative estimate of drug-likeness (QED) is 0.504. The summed E-state index contributed by atoms with van der Waals surface area (Å²) < 4.78 is 1.66. The van der Waals surface area contributed by atoms with E-state index in [0.29, 0.717) is 23.1 Å². The fourth-order valence-corrected chi connectivity index (χ4v) is 3.49. The molecule has 0 spiro atoms. The Labute approximate surface area is 197 Å². The minimum atomic E-state index is -0.550. The summed E-state index contributed by atoms with van der Waals surface area (Å²) in [5, 5.41) is 8.22. The number of hydrogen-bond acceptors (Lipinski definition) is 3. The Morgan fingerprint density at radius 2 is 1.75 bits per heavy atom. The number of nitrogens with one attached hydrogen (secondary N) is 1. The first kappa shape index (κ1) is 25.9. The van der Waals surface area contributed by atoms with Gasteiger partial charge in [0.2, 0.25) is 11.8 Å². The Morgan fingerprint density at radius 1 is 1.09 bits per heavy atom. The summed E-state index contributed by atoms with van der Waals surface area (Å²) in [6, 6.07) is 9.25. The van der Waals surface area contributed by atoms with Gasteiger partial charge in [-0.25, -0.2) is 4.68 Å². The van der Waals surface area contributed by atoms with E-state index in [1.54, 1.807) is 15.6 Å². The van der Waals surface area contributed by atoms with Crippen LogP contribution in [0.15, 0.2) is 30.3 Å². The zero-order valence-corrected chi connectivity index (χ0v) is 21.2. The predicted molar refractivity (Wildman–Crippen MR) is 131 cm³/mol. The lowest BCUT2D eigenvalue weighted by Crippen LogP contribution is -2.44. The molecule has 7 heteroatoms. The first-order valence-electron chi connectivity index (χ1n) is 11.3. The maximum Gasteiger partial charge on any atom is 0.245 e. The molecule has 0 bridgehead atoms. The minimum absolute atomic E-state index is 0.00162. The molecule has 0 aliphatic rings. The van der Waals surface area contributed by atoms with Crippen LogP contribution < -0.4 is 5.32 Å². The second-order valence-electron chi connectivity index (χ2n) is 10.3. The van der Waals surface area contributed by atoms with E-state index in [0.717, 1.165) is 25.0 Å². The molecule has 1 aromatic carbocycles. The molecule has 1 heterocycles. The number of nitrogens with zero attached hydrogens (tertiary/aromatic N) is 3. The van der Waals surface area contributed by atoms with E-state index >= 15 is 0 Å². The number of halogens is 1. The number of carbonyl (C=O) groups is 2. The average Bonchev–Trinajstić information content (AvgIpc) is 3.10. The van der Waals surface area contributed by atoms with E-state index in [-0.39, 0.29) is 23.8 Å². The van der Waals surface area contributed by atoms with Gasteiger partial charge >= 0.3 is 0 Å². The summed E-state index contributed by atoms with van der Waals surface area (Å²) in [4.78, 5) is 27.6. The van der Waals surface area contributed by atoms with Crippen LogP contribution in [0.1, 0.15) is 73.4 Å². The Morgan fingerprint density at radius 3 is 2.31 bits per heavy atom. The van der Waals surface area contributed by atoms with Crippen molar-refractivity contribution in [2.24, 2.45) is 5.41 Å². The van der Waals surface area contributed by atoms with Crippen molar-refractivity contribution in [1.29, 1.82) is 0 Å².